The molecule has 0 aromatic carbocycles. The number of rotatable bonds is 4. The Bertz CT molecular complexity index is 143. The van der Waals surface area contributed by atoms with E-state index in [1.807, 2.05) is 7.05 Å². The zero-order valence-corrected chi connectivity index (χ0v) is 6.75. The van der Waals surface area contributed by atoms with Crippen LogP contribution in [0.4, 0.5) is 0 Å². The molecule has 1 amide bonds. The highest BCUT2D eigenvalue weighted by Crippen LogP contribution is 2.07. The number of carbonyl (C=O) groups is 1. The van der Waals surface area contributed by atoms with E-state index in [0.717, 1.165) is 13.1 Å². The highest BCUT2D eigenvalue weighted by molar-refractivity contribution is 5.73. The second kappa shape index (κ2) is 3.69. The van der Waals surface area contributed by atoms with Gasteiger partial charge in [0.2, 0.25) is 5.91 Å². The van der Waals surface area contributed by atoms with E-state index in [1.165, 1.54) is 0 Å². The predicted octanol–water partition coefficient (Wildman–Crippen LogP) is -0.808. The van der Waals surface area contributed by atoms with Gasteiger partial charge in [0, 0.05) is 19.5 Å². The number of hydrogen-bond donors (Lipinski definition) is 1. The van der Waals surface area contributed by atoms with Gasteiger partial charge in [0.25, 0.3) is 0 Å². The number of hydrogen-bond acceptors (Lipinski definition) is 3. The van der Waals surface area contributed by atoms with Gasteiger partial charge in [-0.2, -0.15) is 0 Å². The molecule has 1 aliphatic rings. The van der Waals surface area contributed by atoms with Crippen molar-refractivity contribution in [1.82, 2.24) is 4.90 Å². The molecule has 0 saturated carbocycles. The maximum atomic E-state index is 10.3. The van der Waals surface area contributed by atoms with Crippen molar-refractivity contribution < 1.29 is 9.53 Å². The van der Waals surface area contributed by atoms with E-state index in [2.05, 4.69) is 4.90 Å². The van der Waals surface area contributed by atoms with Gasteiger partial charge in [-0.05, 0) is 7.05 Å². The fourth-order valence-corrected chi connectivity index (χ4v) is 1.07. The number of primary amides is 1. The van der Waals surface area contributed by atoms with Gasteiger partial charge in [0.15, 0.2) is 0 Å². The van der Waals surface area contributed by atoms with Crippen LogP contribution in [0.3, 0.4) is 0 Å². The summed E-state index contributed by atoms with van der Waals surface area (Å²) in [6.07, 6.45) is 0.652. The van der Waals surface area contributed by atoms with Crippen LogP contribution < -0.4 is 5.73 Å². The van der Waals surface area contributed by atoms with Crippen LogP contribution in [0.1, 0.15) is 6.42 Å². The van der Waals surface area contributed by atoms with Crippen LogP contribution >= 0.6 is 0 Å². The minimum absolute atomic E-state index is 0.294. The molecule has 4 nitrogen and oxygen atoms in total. The molecule has 11 heavy (non-hydrogen) atoms. The summed E-state index contributed by atoms with van der Waals surface area (Å²) in [5.41, 5.74) is 4.94. The summed E-state index contributed by atoms with van der Waals surface area (Å²) in [6.45, 7) is 2.41. The molecule has 0 radical (unpaired) electrons. The summed E-state index contributed by atoms with van der Waals surface area (Å²) in [6, 6.07) is 0. The molecule has 0 spiro atoms. The molecule has 0 bridgehead atoms. The zero-order chi connectivity index (χ0) is 8.27. The van der Waals surface area contributed by atoms with Crippen molar-refractivity contribution in [3.05, 3.63) is 0 Å². The first kappa shape index (κ1) is 8.49. The normalized spacial score (nSPS) is 19.7. The summed E-state index contributed by atoms with van der Waals surface area (Å²) in [5.74, 6) is -0.294. The minimum Gasteiger partial charge on any atom is -0.375 e. The van der Waals surface area contributed by atoms with Crippen LogP contribution in [-0.2, 0) is 9.53 Å². The number of nitrogens with two attached hydrogens (primary N) is 1. The number of amides is 1. The summed E-state index contributed by atoms with van der Waals surface area (Å²) in [4.78, 5) is 12.4. The van der Waals surface area contributed by atoms with E-state index in [4.69, 9.17) is 10.5 Å². The molecule has 0 aromatic heterocycles. The van der Waals surface area contributed by atoms with E-state index in [0.29, 0.717) is 19.1 Å². The summed E-state index contributed by atoms with van der Waals surface area (Å²) < 4.78 is 5.32. The van der Waals surface area contributed by atoms with E-state index in [-0.39, 0.29) is 5.91 Å². The van der Waals surface area contributed by atoms with Gasteiger partial charge >= 0.3 is 0 Å². The Morgan fingerprint density at radius 1 is 1.73 bits per heavy atom. The second-order valence-electron chi connectivity index (χ2n) is 2.93. The van der Waals surface area contributed by atoms with Crippen molar-refractivity contribution in [1.29, 1.82) is 0 Å². The maximum absolute atomic E-state index is 10.3. The Hall–Kier alpha value is -0.610. The van der Waals surface area contributed by atoms with Gasteiger partial charge in [-0.1, -0.05) is 0 Å². The molecule has 0 unspecified atom stereocenters. The van der Waals surface area contributed by atoms with E-state index < -0.39 is 0 Å². The lowest BCUT2D eigenvalue weighted by molar-refractivity contribution is -0.120. The van der Waals surface area contributed by atoms with Gasteiger partial charge < -0.3 is 15.4 Å². The molecule has 0 aliphatic carbocycles. The van der Waals surface area contributed by atoms with Gasteiger partial charge in [-0.15, -0.1) is 0 Å². The molecular formula is C7H14N2O2. The molecule has 0 atom stereocenters. The number of ether oxygens (including phenoxy) is 1. The zero-order valence-electron chi connectivity index (χ0n) is 6.75. The monoisotopic (exact) mass is 158 g/mol. The van der Waals surface area contributed by atoms with E-state index in [1.54, 1.807) is 0 Å². The van der Waals surface area contributed by atoms with Gasteiger partial charge in [-0.25, -0.2) is 0 Å². The van der Waals surface area contributed by atoms with Crippen LogP contribution in [0.5, 0.6) is 0 Å². The Labute approximate surface area is 66.3 Å². The lowest BCUT2D eigenvalue weighted by Gasteiger charge is -2.35. The Kier molecular flexibility index (Phi) is 2.84. The first-order valence-corrected chi connectivity index (χ1v) is 3.77. The lowest BCUT2D eigenvalue weighted by Crippen LogP contribution is -2.49. The van der Waals surface area contributed by atoms with Gasteiger partial charge in [-0.3, -0.25) is 4.79 Å². The number of likely N-dealkylation sites (N-methyl/N-ethyl adjacent to an activating group) is 1. The molecule has 1 saturated heterocycles. The van der Waals surface area contributed by atoms with Gasteiger partial charge in [0.05, 0.1) is 12.7 Å². The largest absolute Gasteiger partial charge is 0.375 e. The van der Waals surface area contributed by atoms with Crippen molar-refractivity contribution in [3.8, 4) is 0 Å². The van der Waals surface area contributed by atoms with Crippen LogP contribution in [0.2, 0.25) is 0 Å². The first-order valence-electron chi connectivity index (χ1n) is 3.77. The smallest absolute Gasteiger partial charge is 0.219 e. The van der Waals surface area contributed by atoms with E-state index >= 15 is 0 Å². The standard InChI is InChI=1S/C7H14N2O2/c1-9-4-6(5-9)11-3-2-7(8)10/h6H,2-5H2,1H3,(H2,8,10). The third-order valence-electron chi connectivity index (χ3n) is 1.73. The highest BCUT2D eigenvalue weighted by atomic mass is 16.5. The molecular weight excluding hydrogens is 144 g/mol. The number of carbonyl (C=O) groups excluding carboxylic acids is 1. The van der Waals surface area contributed by atoms with Crippen molar-refractivity contribution in [2.75, 3.05) is 26.7 Å². The average molecular weight is 158 g/mol. The first-order chi connectivity index (χ1) is 5.18. The van der Waals surface area contributed by atoms with Crippen molar-refractivity contribution >= 4 is 5.91 Å². The summed E-state index contributed by atoms with van der Waals surface area (Å²) in [7, 11) is 2.04. The fourth-order valence-electron chi connectivity index (χ4n) is 1.07. The van der Waals surface area contributed by atoms with Gasteiger partial charge in [0.1, 0.15) is 0 Å². The Morgan fingerprint density at radius 3 is 2.82 bits per heavy atom. The third-order valence-corrected chi connectivity index (χ3v) is 1.73. The molecule has 2 N–H and O–H groups in total. The lowest BCUT2D eigenvalue weighted by atomic mass is 10.2. The van der Waals surface area contributed by atoms with Crippen molar-refractivity contribution in [2.45, 2.75) is 12.5 Å². The number of likely N-dealkylation sites (tertiary alicyclic amines) is 1. The SMILES string of the molecule is CN1CC(OCCC(N)=O)C1. The molecule has 1 fully saturated rings. The van der Waals surface area contributed by atoms with Crippen LogP contribution in [-0.4, -0.2) is 43.7 Å². The molecule has 0 aromatic rings. The molecule has 4 heteroatoms. The molecule has 64 valence electrons. The van der Waals surface area contributed by atoms with Crippen LogP contribution in [0.15, 0.2) is 0 Å². The minimum atomic E-state index is -0.294. The van der Waals surface area contributed by atoms with Crippen LogP contribution in [0, 0.1) is 0 Å². The third kappa shape index (κ3) is 2.86. The summed E-state index contributed by atoms with van der Waals surface area (Å²) in [5, 5.41) is 0. The molecule has 1 heterocycles. The van der Waals surface area contributed by atoms with Crippen molar-refractivity contribution in [3.63, 3.8) is 0 Å². The van der Waals surface area contributed by atoms with E-state index in [9.17, 15) is 4.79 Å². The van der Waals surface area contributed by atoms with Crippen LogP contribution in [0.25, 0.3) is 0 Å². The molecule has 1 rings (SSSR count). The molecule has 1 aliphatic heterocycles. The highest BCUT2D eigenvalue weighted by Gasteiger charge is 2.23. The predicted molar refractivity (Wildman–Crippen MR) is 41.0 cm³/mol. The summed E-state index contributed by atoms with van der Waals surface area (Å²) >= 11 is 0. The number of nitrogens with zero attached hydrogens (tertiary/aromatic N) is 1. The maximum Gasteiger partial charge on any atom is 0.219 e. The Balaban J connectivity index is 1.92. The average Bonchev–Trinajstić information content (AvgIpc) is 1.83. The topological polar surface area (TPSA) is 55.6 Å². The second-order valence-corrected chi connectivity index (χ2v) is 2.93. The quantitative estimate of drug-likeness (QED) is 0.582. The van der Waals surface area contributed by atoms with Crippen molar-refractivity contribution in [2.24, 2.45) is 5.73 Å². The fraction of sp³-hybridized carbons (Fsp3) is 0.857. The Morgan fingerprint density at radius 2 is 2.36 bits per heavy atom.